The molecule has 0 aliphatic heterocycles. The standard InChI is InChI=1S/C19H23BrO5/c1-4-7-14(12-16(21)13-8-10-15(20)11-9-13)17(18(22)24-5-2)19(23)25-6-3/h7-11,17H,4-6,12H2,1-3H3/b14-7-. The number of carbonyl (C=O) groups is 3. The summed E-state index contributed by atoms with van der Waals surface area (Å²) in [6.45, 7) is 5.49. The average molecular weight is 411 g/mol. The van der Waals surface area contributed by atoms with Gasteiger partial charge in [-0.15, -0.1) is 0 Å². The number of ketones is 1. The Hall–Kier alpha value is -1.95. The molecular formula is C19H23BrO5. The second-order valence-electron chi connectivity index (χ2n) is 5.23. The number of Topliss-reactive ketones (excluding diaryl/α,β-unsaturated/α-hetero) is 1. The van der Waals surface area contributed by atoms with Crippen molar-refractivity contribution < 1.29 is 23.9 Å². The molecular weight excluding hydrogens is 388 g/mol. The van der Waals surface area contributed by atoms with Crippen LogP contribution in [0.25, 0.3) is 0 Å². The van der Waals surface area contributed by atoms with Gasteiger partial charge in [-0.05, 0) is 38.0 Å². The molecule has 5 nitrogen and oxygen atoms in total. The van der Waals surface area contributed by atoms with Crippen LogP contribution in [0.1, 0.15) is 44.0 Å². The molecule has 0 spiro atoms. The van der Waals surface area contributed by atoms with Crippen LogP contribution in [0.3, 0.4) is 0 Å². The first kappa shape index (κ1) is 21.1. The molecule has 0 unspecified atom stereocenters. The summed E-state index contributed by atoms with van der Waals surface area (Å²) in [6.07, 6.45) is 2.26. The van der Waals surface area contributed by atoms with Crippen molar-refractivity contribution in [1.82, 2.24) is 0 Å². The second kappa shape index (κ2) is 10.8. The van der Waals surface area contributed by atoms with E-state index in [0.29, 0.717) is 17.6 Å². The molecule has 6 heteroatoms. The molecule has 0 aliphatic rings. The van der Waals surface area contributed by atoms with E-state index >= 15 is 0 Å². The predicted molar refractivity (Wildman–Crippen MR) is 98.2 cm³/mol. The Bertz CT molecular complexity index is 616. The number of hydrogen-bond donors (Lipinski definition) is 0. The van der Waals surface area contributed by atoms with Gasteiger partial charge in [0.2, 0.25) is 0 Å². The molecule has 0 bridgehead atoms. The zero-order chi connectivity index (χ0) is 18.8. The van der Waals surface area contributed by atoms with E-state index in [1.54, 1.807) is 44.2 Å². The van der Waals surface area contributed by atoms with E-state index in [0.717, 1.165) is 4.47 Å². The van der Waals surface area contributed by atoms with E-state index in [1.807, 2.05) is 6.92 Å². The first-order valence-electron chi connectivity index (χ1n) is 8.25. The lowest BCUT2D eigenvalue weighted by Crippen LogP contribution is -2.30. The van der Waals surface area contributed by atoms with Crippen molar-refractivity contribution >= 4 is 33.7 Å². The summed E-state index contributed by atoms with van der Waals surface area (Å²) in [5.41, 5.74) is 0.920. The summed E-state index contributed by atoms with van der Waals surface area (Å²) in [4.78, 5) is 37.1. The fourth-order valence-electron chi connectivity index (χ4n) is 2.33. The predicted octanol–water partition coefficient (Wildman–Crippen LogP) is 4.10. The Balaban J connectivity index is 3.09. The molecule has 25 heavy (non-hydrogen) atoms. The van der Waals surface area contributed by atoms with E-state index in [2.05, 4.69) is 15.9 Å². The van der Waals surface area contributed by atoms with E-state index in [9.17, 15) is 14.4 Å². The zero-order valence-electron chi connectivity index (χ0n) is 14.7. The van der Waals surface area contributed by atoms with Gasteiger partial charge >= 0.3 is 11.9 Å². The summed E-state index contributed by atoms with van der Waals surface area (Å²) in [5.74, 6) is -2.77. The van der Waals surface area contributed by atoms with Crippen LogP contribution in [0.2, 0.25) is 0 Å². The molecule has 0 aromatic heterocycles. The van der Waals surface area contributed by atoms with Crippen LogP contribution in [0.15, 0.2) is 40.4 Å². The number of rotatable bonds is 9. The van der Waals surface area contributed by atoms with Gasteiger partial charge in [0.1, 0.15) is 0 Å². The molecule has 0 heterocycles. The number of halogens is 1. The fourth-order valence-corrected chi connectivity index (χ4v) is 2.59. The summed E-state index contributed by atoms with van der Waals surface area (Å²) in [5, 5.41) is 0. The lowest BCUT2D eigenvalue weighted by atomic mass is 9.91. The summed E-state index contributed by atoms with van der Waals surface area (Å²) >= 11 is 3.32. The van der Waals surface area contributed by atoms with Gasteiger partial charge in [-0.3, -0.25) is 14.4 Å². The summed E-state index contributed by atoms with van der Waals surface area (Å²) < 4.78 is 10.9. The maximum absolute atomic E-state index is 12.5. The van der Waals surface area contributed by atoms with Gasteiger partial charge < -0.3 is 9.47 Å². The monoisotopic (exact) mass is 410 g/mol. The van der Waals surface area contributed by atoms with E-state index in [4.69, 9.17) is 9.47 Å². The van der Waals surface area contributed by atoms with Crippen molar-refractivity contribution in [2.24, 2.45) is 5.92 Å². The van der Waals surface area contributed by atoms with Crippen molar-refractivity contribution in [3.63, 3.8) is 0 Å². The summed E-state index contributed by atoms with van der Waals surface area (Å²) in [7, 11) is 0. The van der Waals surface area contributed by atoms with Gasteiger partial charge in [0.25, 0.3) is 0 Å². The molecule has 0 saturated carbocycles. The Morgan fingerprint density at radius 1 is 1.00 bits per heavy atom. The number of hydrogen-bond acceptors (Lipinski definition) is 5. The quantitative estimate of drug-likeness (QED) is 0.265. The smallest absolute Gasteiger partial charge is 0.324 e. The van der Waals surface area contributed by atoms with Crippen LogP contribution in [0.4, 0.5) is 0 Å². The number of ether oxygens (including phenoxy) is 2. The second-order valence-corrected chi connectivity index (χ2v) is 6.15. The SMILES string of the molecule is CC/C=C(/CC(=O)c1ccc(Br)cc1)C(C(=O)OCC)C(=O)OCC. The fraction of sp³-hybridized carbons (Fsp3) is 0.421. The molecule has 136 valence electrons. The van der Waals surface area contributed by atoms with Crippen molar-refractivity contribution in [2.45, 2.75) is 33.6 Å². The minimum Gasteiger partial charge on any atom is -0.465 e. The Labute approximate surface area is 156 Å². The third-order valence-electron chi connectivity index (χ3n) is 3.41. The number of benzene rings is 1. The van der Waals surface area contributed by atoms with E-state index in [1.165, 1.54) is 0 Å². The Morgan fingerprint density at radius 2 is 1.52 bits per heavy atom. The van der Waals surface area contributed by atoms with Crippen LogP contribution >= 0.6 is 15.9 Å². The van der Waals surface area contributed by atoms with Crippen LogP contribution in [0.5, 0.6) is 0 Å². The minimum absolute atomic E-state index is 0.0439. The van der Waals surface area contributed by atoms with Crippen molar-refractivity contribution in [3.8, 4) is 0 Å². The van der Waals surface area contributed by atoms with Gasteiger partial charge in [-0.25, -0.2) is 0 Å². The first-order chi connectivity index (χ1) is 11.9. The summed E-state index contributed by atoms with van der Waals surface area (Å²) in [6, 6.07) is 6.93. The molecule has 0 fully saturated rings. The molecule has 1 rings (SSSR count). The van der Waals surface area contributed by atoms with Crippen LogP contribution in [-0.4, -0.2) is 30.9 Å². The highest BCUT2D eigenvalue weighted by Crippen LogP contribution is 2.23. The third kappa shape index (κ3) is 6.46. The van der Waals surface area contributed by atoms with Gasteiger partial charge in [0, 0.05) is 16.5 Å². The topological polar surface area (TPSA) is 69.7 Å². The van der Waals surface area contributed by atoms with E-state index < -0.39 is 17.9 Å². The van der Waals surface area contributed by atoms with Crippen molar-refractivity contribution in [2.75, 3.05) is 13.2 Å². The lowest BCUT2D eigenvalue weighted by Gasteiger charge is -2.17. The zero-order valence-corrected chi connectivity index (χ0v) is 16.3. The highest BCUT2D eigenvalue weighted by Gasteiger charge is 2.34. The number of esters is 2. The molecule has 0 amide bonds. The maximum Gasteiger partial charge on any atom is 0.324 e. The average Bonchev–Trinajstić information content (AvgIpc) is 2.56. The van der Waals surface area contributed by atoms with E-state index in [-0.39, 0.29) is 25.4 Å². The molecule has 1 aromatic rings. The van der Waals surface area contributed by atoms with Gasteiger partial charge in [0.05, 0.1) is 13.2 Å². The van der Waals surface area contributed by atoms with Gasteiger partial charge in [0.15, 0.2) is 11.7 Å². The molecule has 1 aromatic carbocycles. The van der Waals surface area contributed by atoms with Gasteiger partial charge in [-0.1, -0.05) is 41.1 Å². The van der Waals surface area contributed by atoms with Crippen molar-refractivity contribution in [1.29, 1.82) is 0 Å². The molecule has 0 atom stereocenters. The van der Waals surface area contributed by atoms with Crippen LogP contribution in [0, 0.1) is 5.92 Å². The molecule has 0 saturated heterocycles. The van der Waals surface area contributed by atoms with Crippen LogP contribution < -0.4 is 0 Å². The highest BCUT2D eigenvalue weighted by molar-refractivity contribution is 9.10. The number of allylic oxidation sites excluding steroid dienone is 1. The highest BCUT2D eigenvalue weighted by atomic mass is 79.9. The molecule has 0 aliphatic carbocycles. The molecule has 0 N–H and O–H groups in total. The normalized spacial score (nSPS) is 11.3. The Morgan fingerprint density at radius 3 is 1.96 bits per heavy atom. The lowest BCUT2D eigenvalue weighted by molar-refractivity contribution is -0.159. The Kier molecular flexibility index (Phi) is 9.13. The van der Waals surface area contributed by atoms with Gasteiger partial charge in [-0.2, -0.15) is 0 Å². The van der Waals surface area contributed by atoms with Crippen LogP contribution in [-0.2, 0) is 19.1 Å². The number of carbonyl (C=O) groups excluding carboxylic acids is 3. The third-order valence-corrected chi connectivity index (χ3v) is 3.94. The van der Waals surface area contributed by atoms with Crippen molar-refractivity contribution in [3.05, 3.63) is 46.0 Å². The maximum atomic E-state index is 12.5. The molecule has 0 radical (unpaired) electrons. The minimum atomic E-state index is -1.21. The largest absolute Gasteiger partial charge is 0.465 e. The first-order valence-corrected chi connectivity index (χ1v) is 9.04.